The van der Waals surface area contributed by atoms with E-state index in [9.17, 15) is 67.1 Å². The molecular weight excluding hydrogens is 1700 g/mol. The molecule has 45 nitrogen and oxygen atoms in total. The quantitative estimate of drug-likeness (QED) is 0.0507. The Balaban J connectivity index is -0.0000000320. The summed E-state index contributed by atoms with van der Waals surface area (Å²) < 4.78 is 168. The third-order valence-corrected chi connectivity index (χ3v) is 6.11. The summed E-state index contributed by atoms with van der Waals surface area (Å²) in [5.74, 6) is -4.74. The zero-order valence-electron chi connectivity index (χ0n) is 59.7. The van der Waals surface area contributed by atoms with Gasteiger partial charge in [-0.1, -0.05) is 63.8 Å². The fourth-order valence-electron chi connectivity index (χ4n) is 2.76. The van der Waals surface area contributed by atoms with Gasteiger partial charge in [0.25, 0.3) is 11.9 Å². The highest BCUT2D eigenvalue weighted by atomic mass is 35.5. The summed E-state index contributed by atoms with van der Waals surface area (Å²) in [6, 6.07) is 0. The number of nitrogens with one attached hydrogen (secondary N) is 4. The molecule has 0 rings (SSSR count). The largest absolute Gasteiger partial charge is 0.549 e. The third-order valence-electron chi connectivity index (χ3n) is 5.98. The molecule has 108 heavy (non-hydrogen) atoms. The highest BCUT2D eigenvalue weighted by Crippen LogP contribution is 2.00. The normalized spacial score (nSPS) is 6.44. The number of carbonyl (C=O) groups is 16. The number of hydrogen-bond acceptors (Lipinski definition) is 36. The maximum Gasteiger partial charge on any atom is 0.549 e. The van der Waals surface area contributed by atoms with Crippen LogP contribution >= 0.6 is 34.8 Å². The molecule has 624 valence electrons. The smallest absolute Gasteiger partial charge is 0.481 e. The molecule has 0 radical (unpaired) electrons. The summed E-state index contributed by atoms with van der Waals surface area (Å²) in [6.07, 6.45) is 2.76. The molecule has 0 spiro atoms. The van der Waals surface area contributed by atoms with Gasteiger partial charge < -0.3 is 51.3 Å². The summed E-state index contributed by atoms with van der Waals surface area (Å²) in [7, 11) is -12.5. The van der Waals surface area contributed by atoms with Gasteiger partial charge in [-0.2, -0.15) is 0 Å². The van der Waals surface area contributed by atoms with Crippen LogP contribution < -0.4 is 21.3 Å². The second kappa shape index (κ2) is 183. The molecule has 0 aromatic rings. The van der Waals surface area contributed by atoms with E-state index in [4.69, 9.17) is 131 Å². The minimum absolute atomic E-state index is 0. The summed E-state index contributed by atoms with van der Waals surface area (Å²) in [5, 5.41) is 39.5. The Morgan fingerprint density at radius 1 is 0.324 bits per heavy atom. The van der Waals surface area contributed by atoms with Gasteiger partial charge in [0.05, 0.1) is 0 Å². The van der Waals surface area contributed by atoms with Crippen LogP contribution in [-0.2, 0) is 166 Å². The predicted octanol–water partition coefficient (Wildman–Crippen LogP) is 0.956. The Morgan fingerprint density at radius 3 is 0.648 bits per heavy atom. The molecule has 0 aliphatic rings. The van der Waals surface area contributed by atoms with E-state index in [1.807, 2.05) is 34.6 Å². The Hall–Kier alpha value is -8.04. The molecule has 0 fully saturated rings. The molecule has 0 bridgehead atoms. The first-order valence-electron chi connectivity index (χ1n) is 27.1. The van der Waals surface area contributed by atoms with E-state index in [-0.39, 0.29) is 118 Å². The lowest BCUT2D eigenvalue weighted by Crippen LogP contribution is -2.39. The first kappa shape index (κ1) is 170. The maximum absolute atomic E-state index is 11.5. The summed E-state index contributed by atoms with van der Waals surface area (Å²) in [4.78, 5) is 162. The molecule has 6 amide bonds. The number of amides is 6. The standard InChI is InChI=1S/C11H20N2O3.C6H10O3.C5H8ClNO2.C5H9NO3.C4H9NO.2C4H8O.2C2H3ClO.2C2H4O2.3CH4.10O2Si/c1-4-10(15)13(11(16)5-2)8-7-9(14)12-6-3;1-2-3-5(7)4-6(8)9;1-2-7-5(9)3-4(6)8;1-2-6-4(7)3-5(8)9;1-3-4(6)5-2;2*1-3-4(2)5;4*1-2(3)4;;;;10*1-3-2/h4-8H2,1-3H3,(H,12,14);2-4H2,1H3,(H,8,9);2-3H2,1H3,(H,7,9);2-3H2,1H3,(H,6,7)(H,8,9);3H2,1-2H3,(H,5,6);2*3H2,1-2H3;2*1H3;2*1H3,(H,3,4);3*1H4;;;;;;;;;;. The number of aliphatic carboxylic acids is 4. The average Bonchev–Trinajstić information content (AvgIpc) is 0.909. The molecule has 0 aliphatic heterocycles. The molecule has 0 aliphatic carbocycles. The van der Waals surface area contributed by atoms with Crippen LogP contribution in [0.1, 0.15) is 197 Å². The van der Waals surface area contributed by atoms with Gasteiger partial charge >= 0.3 is 105 Å². The van der Waals surface area contributed by atoms with E-state index < -0.39 is 134 Å². The fourth-order valence-corrected chi connectivity index (χ4v) is 2.89. The first-order chi connectivity index (χ1) is 48.5. The second-order valence-corrected chi connectivity index (χ2v) is 17.3. The molecule has 0 saturated carbocycles. The molecule has 0 unspecified atom stereocenters. The van der Waals surface area contributed by atoms with Gasteiger partial charge in [-0.05, 0) is 75.8 Å². The Morgan fingerprint density at radius 2 is 0.519 bits per heavy atom. The number of Topliss-reactive ketones (excluding diaryl/α,β-unsaturated/α-hetero) is 3. The predicted molar refractivity (Wildman–Crippen MR) is 375 cm³/mol. The van der Waals surface area contributed by atoms with Crippen LogP contribution in [0.2, 0.25) is 0 Å². The number of carboxylic acids is 4. The van der Waals surface area contributed by atoms with Crippen LogP contribution in [0.5, 0.6) is 0 Å². The van der Waals surface area contributed by atoms with Crippen LogP contribution in [0.25, 0.3) is 0 Å². The van der Waals surface area contributed by atoms with Crippen LogP contribution in [0.3, 0.4) is 0 Å². The molecule has 58 heteroatoms. The molecule has 0 aromatic heterocycles. The zero-order chi connectivity index (χ0) is 89.3. The molecular formula is C50H98Cl3N5O40Si10. The molecule has 8 N–H and O–H groups in total. The molecule has 0 atom stereocenters. The second-order valence-electron chi connectivity index (χ2n) is 14.2. The van der Waals surface area contributed by atoms with E-state index >= 15 is 0 Å². The lowest BCUT2D eigenvalue weighted by atomic mass is 10.2. The minimum atomic E-state index is -1.42. The summed E-state index contributed by atoms with van der Waals surface area (Å²) >= 11 is 14.2. The van der Waals surface area contributed by atoms with Crippen molar-refractivity contribution < 1.29 is 186 Å². The Labute approximate surface area is 659 Å². The molecule has 0 heterocycles. The number of carboxylic acid groups (broad SMARTS) is 4. The van der Waals surface area contributed by atoms with Crippen LogP contribution in [-0.4, -0.2) is 244 Å². The van der Waals surface area contributed by atoms with Gasteiger partial charge in [0.1, 0.15) is 36.6 Å². The van der Waals surface area contributed by atoms with Crippen molar-refractivity contribution in [1.29, 1.82) is 0 Å². The third kappa shape index (κ3) is 549. The molecule has 0 aromatic carbocycles. The van der Waals surface area contributed by atoms with Crippen molar-refractivity contribution in [3.8, 4) is 0 Å². The van der Waals surface area contributed by atoms with Crippen LogP contribution in [0.15, 0.2) is 0 Å². The van der Waals surface area contributed by atoms with Gasteiger partial charge in [0, 0.05) is 106 Å². The molecule has 0 saturated heterocycles. The van der Waals surface area contributed by atoms with Crippen molar-refractivity contribution in [2.24, 2.45) is 0 Å². The highest BCUT2D eigenvalue weighted by molar-refractivity contribution is 6.65. The number of imide groups is 1. The number of hydrogen-bond donors (Lipinski definition) is 8. The van der Waals surface area contributed by atoms with Gasteiger partial charge in [-0.15, -0.1) is 0 Å². The van der Waals surface area contributed by atoms with Crippen LogP contribution in [0.4, 0.5) is 0 Å². The van der Waals surface area contributed by atoms with Crippen molar-refractivity contribution in [2.45, 2.75) is 197 Å². The van der Waals surface area contributed by atoms with E-state index in [1.54, 1.807) is 48.6 Å². The highest BCUT2D eigenvalue weighted by Gasteiger charge is 2.19. The monoisotopic (exact) mass is 1790 g/mol. The Bertz CT molecular complexity index is 2310. The van der Waals surface area contributed by atoms with Gasteiger partial charge in [0.15, 0.2) is 0 Å². The lowest BCUT2D eigenvalue weighted by molar-refractivity contribution is -0.145. The first-order valence-corrected chi connectivity index (χ1v) is 36.4. The number of nitrogens with zero attached hydrogens (tertiary/aromatic N) is 1. The summed E-state index contributed by atoms with van der Waals surface area (Å²) in [6.45, 7) is 25.8. The number of ketones is 3. The van der Waals surface area contributed by atoms with Crippen molar-refractivity contribution >= 4 is 220 Å². The average molecular weight is 1800 g/mol. The van der Waals surface area contributed by atoms with E-state index in [2.05, 4.69) is 44.5 Å². The topological polar surface area (TPSA) is 747 Å². The van der Waals surface area contributed by atoms with Gasteiger partial charge in [-0.3, -0.25) is 161 Å². The van der Waals surface area contributed by atoms with E-state index in [0.717, 1.165) is 25.2 Å². The van der Waals surface area contributed by atoms with E-state index in [1.165, 1.54) is 13.8 Å². The fraction of sp³-hybridized carbons (Fsp3) is 0.680. The zero-order valence-corrected chi connectivity index (χ0v) is 71.9. The number of carbonyl (C=O) groups excluding carboxylic acids is 12. The van der Waals surface area contributed by atoms with Gasteiger partial charge in [0.2, 0.25) is 51.2 Å². The van der Waals surface area contributed by atoms with Gasteiger partial charge in [-0.25, -0.2) is 0 Å². The number of halogens is 3. The maximum atomic E-state index is 11.5. The van der Waals surface area contributed by atoms with E-state index in [0.29, 0.717) is 45.3 Å². The Kier molecular flexibility index (Phi) is 288. The van der Waals surface area contributed by atoms with Crippen molar-refractivity contribution in [2.75, 3.05) is 33.2 Å². The summed E-state index contributed by atoms with van der Waals surface area (Å²) in [5.41, 5.74) is 0. The van der Waals surface area contributed by atoms with Crippen molar-refractivity contribution in [1.82, 2.24) is 26.2 Å². The SMILES string of the molecule is C.C.C.CC(=O)Cl.CC(=O)Cl.CC(=O)O.CC(=O)O.CCC(=O)NC.CCC(C)=O.CCC(C)=O.CCCC(=O)CC(=O)O.CCNC(=O)CC(=O)Cl.CCNC(=O)CC(=O)O.CCNC(=O)CCN(C(=O)CC)C(=O)CC.O=[Si]=O.O=[Si]=O.O=[Si]=O.O=[Si]=O.O=[Si]=O.O=[Si]=O.O=[Si]=O.O=[Si]=O.O=[Si]=O.O=[Si]=O. The van der Waals surface area contributed by atoms with Crippen molar-refractivity contribution in [3.05, 3.63) is 0 Å². The van der Waals surface area contributed by atoms with Crippen molar-refractivity contribution in [3.63, 3.8) is 0 Å². The minimum Gasteiger partial charge on any atom is -0.481 e. The number of rotatable bonds is 19. The lowest BCUT2D eigenvalue weighted by Gasteiger charge is -2.19. The van der Waals surface area contributed by atoms with Crippen LogP contribution in [0, 0.1) is 0 Å².